The zero-order valence-corrected chi connectivity index (χ0v) is 11.0. The smallest absolute Gasteiger partial charge is 0.223 e. The highest BCUT2D eigenvalue weighted by Crippen LogP contribution is 2.18. The van der Waals surface area contributed by atoms with Crippen LogP contribution in [-0.2, 0) is 11.3 Å². The summed E-state index contributed by atoms with van der Waals surface area (Å²) in [5, 5.41) is 2.88. The third-order valence-electron chi connectivity index (χ3n) is 3.56. The third kappa shape index (κ3) is 2.71. The molecule has 1 aliphatic carbocycles. The molecule has 2 aromatic rings. The van der Waals surface area contributed by atoms with E-state index >= 15 is 0 Å². The second kappa shape index (κ2) is 5.45. The Morgan fingerprint density at radius 3 is 3.15 bits per heavy atom. The summed E-state index contributed by atoms with van der Waals surface area (Å²) in [6.07, 6.45) is 6.82. The highest BCUT2D eigenvalue weighted by atomic mass is 19.1. The van der Waals surface area contributed by atoms with Crippen molar-refractivity contribution in [2.75, 3.05) is 0 Å². The molecule has 1 aliphatic rings. The summed E-state index contributed by atoms with van der Waals surface area (Å²) in [5.74, 6) is 0.457. The molecule has 4 nitrogen and oxygen atoms in total. The van der Waals surface area contributed by atoms with Gasteiger partial charge in [-0.25, -0.2) is 9.37 Å². The van der Waals surface area contributed by atoms with Crippen molar-refractivity contribution in [2.24, 2.45) is 5.92 Å². The Bertz CT molecular complexity index is 662. The summed E-state index contributed by atoms with van der Waals surface area (Å²) in [6, 6.07) is 4.40. The van der Waals surface area contributed by atoms with E-state index in [2.05, 4.69) is 27.4 Å². The van der Waals surface area contributed by atoms with Gasteiger partial charge in [0.2, 0.25) is 5.91 Å². The zero-order valence-electron chi connectivity index (χ0n) is 11.0. The standard InChI is InChI=1S/C15H16FN3O/c16-11-6-7-12-13(8-11)19-14(18-12)9-17-15(20)10-4-2-1-3-5-10/h1-2,6-8,10H,3-5,9H2,(H,17,20)(H,18,19)/t10-/m1/s1. The van der Waals surface area contributed by atoms with Crippen LogP contribution in [0.5, 0.6) is 0 Å². The molecule has 0 saturated heterocycles. The lowest BCUT2D eigenvalue weighted by molar-refractivity contribution is -0.125. The number of benzene rings is 1. The molecule has 3 rings (SSSR count). The Morgan fingerprint density at radius 2 is 2.35 bits per heavy atom. The van der Waals surface area contributed by atoms with E-state index in [1.165, 1.54) is 12.1 Å². The van der Waals surface area contributed by atoms with Crippen LogP contribution >= 0.6 is 0 Å². The quantitative estimate of drug-likeness (QED) is 0.845. The van der Waals surface area contributed by atoms with Gasteiger partial charge in [-0.05, 0) is 37.5 Å². The number of allylic oxidation sites excluding steroid dienone is 2. The molecule has 1 aromatic heterocycles. The maximum Gasteiger partial charge on any atom is 0.223 e. The molecule has 0 fully saturated rings. The molecular formula is C15H16FN3O. The molecule has 5 heteroatoms. The number of fused-ring (bicyclic) bond motifs is 1. The molecule has 1 atom stereocenters. The van der Waals surface area contributed by atoms with Gasteiger partial charge in [0.1, 0.15) is 11.6 Å². The number of hydrogen-bond donors (Lipinski definition) is 2. The summed E-state index contributed by atoms with van der Waals surface area (Å²) in [7, 11) is 0. The first kappa shape index (κ1) is 12.8. The largest absolute Gasteiger partial charge is 0.349 e. The van der Waals surface area contributed by atoms with Gasteiger partial charge in [0.25, 0.3) is 0 Å². The molecule has 1 amide bonds. The van der Waals surface area contributed by atoms with Crippen LogP contribution < -0.4 is 5.32 Å². The molecule has 2 N–H and O–H groups in total. The van der Waals surface area contributed by atoms with Crippen molar-refractivity contribution < 1.29 is 9.18 Å². The number of aromatic nitrogens is 2. The second-order valence-corrected chi connectivity index (χ2v) is 5.04. The van der Waals surface area contributed by atoms with Gasteiger partial charge in [-0.15, -0.1) is 0 Å². The van der Waals surface area contributed by atoms with E-state index in [0.29, 0.717) is 23.4 Å². The summed E-state index contributed by atoms with van der Waals surface area (Å²) in [5.41, 5.74) is 1.35. The van der Waals surface area contributed by atoms with Crippen molar-refractivity contribution in [3.05, 3.63) is 42.0 Å². The summed E-state index contributed by atoms with van der Waals surface area (Å²) in [4.78, 5) is 19.3. The molecule has 0 saturated carbocycles. The number of hydrogen-bond acceptors (Lipinski definition) is 2. The maximum absolute atomic E-state index is 13.1. The van der Waals surface area contributed by atoms with Crippen LogP contribution in [0.25, 0.3) is 11.0 Å². The number of carbonyl (C=O) groups is 1. The topological polar surface area (TPSA) is 57.8 Å². The van der Waals surface area contributed by atoms with E-state index in [4.69, 9.17) is 0 Å². The van der Waals surface area contributed by atoms with Crippen LogP contribution in [0.3, 0.4) is 0 Å². The van der Waals surface area contributed by atoms with Crippen LogP contribution in [-0.4, -0.2) is 15.9 Å². The van der Waals surface area contributed by atoms with E-state index < -0.39 is 0 Å². The van der Waals surface area contributed by atoms with Gasteiger partial charge >= 0.3 is 0 Å². The van der Waals surface area contributed by atoms with Crippen LogP contribution in [0, 0.1) is 11.7 Å². The Hall–Kier alpha value is -2.17. The average molecular weight is 273 g/mol. The second-order valence-electron chi connectivity index (χ2n) is 5.04. The predicted molar refractivity (Wildman–Crippen MR) is 74.4 cm³/mol. The van der Waals surface area contributed by atoms with Crippen LogP contribution in [0.15, 0.2) is 30.4 Å². The summed E-state index contributed by atoms with van der Waals surface area (Å²) in [6.45, 7) is 0.343. The normalized spacial score (nSPS) is 18.4. The van der Waals surface area contributed by atoms with Crippen LogP contribution in [0.1, 0.15) is 25.1 Å². The van der Waals surface area contributed by atoms with E-state index in [-0.39, 0.29) is 17.6 Å². The summed E-state index contributed by atoms with van der Waals surface area (Å²) < 4.78 is 13.1. The number of nitrogens with zero attached hydrogens (tertiary/aromatic N) is 1. The fourth-order valence-electron chi connectivity index (χ4n) is 2.47. The van der Waals surface area contributed by atoms with Crippen molar-refractivity contribution in [1.82, 2.24) is 15.3 Å². The Kier molecular flexibility index (Phi) is 3.50. The highest BCUT2D eigenvalue weighted by molar-refractivity contribution is 5.79. The van der Waals surface area contributed by atoms with E-state index in [0.717, 1.165) is 19.3 Å². The minimum Gasteiger partial charge on any atom is -0.349 e. The number of aromatic amines is 1. The van der Waals surface area contributed by atoms with E-state index in [9.17, 15) is 9.18 Å². The van der Waals surface area contributed by atoms with Gasteiger partial charge in [0.15, 0.2) is 0 Å². The summed E-state index contributed by atoms with van der Waals surface area (Å²) >= 11 is 0. The minimum absolute atomic E-state index is 0.0565. The van der Waals surface area contributed by atoms with Crippen molar-refractivity contribution >= 4 is 16.9 Å². The van der Waals surface area contributed by atoms with Gasteiger partial charge in [-0.1, -0.05) is 12.2 Å². The van der Waals surface area contributed by atoms with Crippen molar-refractivity contribution in [3.63, 3.8) is 0 Å². The van der Waals surface area contributed by atoms with Crippen molar-refractivity contribution in [1.29, 1.82) is 0 Å². The lowest BCUT2D eigenvalue weighted by Crippen LogP contribution is -2.31. The predicted octanol–water partition coefficient (Wildman–Crippen LogP) is 2.67. The first-order valence-corrected chi connectivity index (χ1v) is 6.79. The van der Waals surface area contributed by atoms with Crippen molar-refractivity contribution in [3.8, 4) is 0 Å². The molecule has 104 valence electrons. The lowest BCUT2D eigenvalue weighted by atomic mass is 9.94. The molecule has 0 radical (unpaired) electrons. The van der Waals surface area contributed by atoms with E-state index in [1.54, 1.807) is 6.07 Å². The van der Waals surface area contributed by atoms with E-state index in [1.807, 2.05) is 0 Å². The number of carbonyl (C=O) groups excluding carboxylic acids is 1. The molecule has 0 unspecified atom stereocenters. The highest BCUT2D eigenvalue weighted by Gasteiger charge is 2.18. The SMILES string of the molecule is O=C(NCc1nc2ccc(F)cc2[nH]1)[C@@H]1CC=CCC1. The molecule has 0 bridgehead atoms. The average Bonchev–Trinajstić information content (AvgIpc) is 2.87. The monoisotopic (exact) mass is 273 g/mol. The van der Waals surface area contributed by atoms with Crippen LogP contribution in [0.4, 0.5) is 4.39 Å². The first-order chi connectivity index (χ1) is 9.72. The Labute approximate surface area is 116 Å². The molecule has 0 aliphatic heterocycles. The molecule has 20 heavy (non-hydrogen) atoms. The number of amides is 1. The number of rotatable bonds is 3. The minimum atomic E-state index is -0.300. The zero-order chi connectivity index (χ0) is 13.9. The third-order valence-corrected chi connectivity index (χ3v) is 3.56. The molecular weight excluding hydrogens is 257 g/mol. The number of nitrogens with one attached hydrogen (secondary N) is 2. The van der Waals surface area contributed by atoms with Gasteiger partial charge in [-0.2, -0.15) is 0 Å². The van der Waals surface area contributed by atoms with Gasteiger partial charge in [0.05, 0.1) is 17.6 Å². The maximum atomic E-state index is 13.1. The Balaban J connectivity index is 1.64. The lowest BCUT2D eigenvalue weighted by Gasteiger charge is -2.16. The van der Waals surface area contributed by atoms with Crippen molar-refractivity contribution in [2.45, 2.75) is 25.8 Å². The number of H-pyrrole nitrogens is 1. The first-order valence-electron chi connectivity index (χ1n) is 6.79. The van der Waals surface area contributed by atoms with Gasteiger partial charge in [0, 0.05) is 5.92 Å². The van der Waals surface area contributed by atoms with Gasteiger partial charge < -0.3 is 10.3 Å². The van der Waals surface area contributed by atoms with Gasteiger partial charge in [-0.3, -0.25) is 4.79 Å². The fraction of sp³-hybridized carbons (Fsp3) is 0.333. The fourth-order valence-corrected chi connectivity index (χ4v) is 2.47. The number of imidazole rings is 1. The molecule has 1 aromatic carbocycles. The van der Waals surface area contributed by atoms with Crippen LogP contribution in [0.2, 0.25) is 0 Å². The molecule has 0 spiro atoms. The Morgan fingerprint density at radius 1 is 1.45 bits per heavy atom. The molecule has 1 heterocycles. The number of halogens is 1.